The van der Waals surface area contributed by atoms with Gasteiger partial charge in [-0.05, 0) is 37.6 Å². The van der Waals surface area contributed by atoms with Crippen molar-refractivity contribution in [3.05, 3.63) is 68.7 Å². The van der Waals surface area contributed by atoms with E-state index < -0.39 is 22.9 Å². The van der Waals surface area contributed by atoms with E-state index in [1.165, 1.54) is 19.1 Å². The van der Waals surface area contributed by atoms with Gasteiger partial charge in [0, 0.05) is 17.8 Å². The Hall–Kier alpha value is -2.93. The van der Waals surface area contributed by atoms with Crippen LogP contribution in [0.3, 0.4) is 0 Å². The van der Waals surface area contributed by atoms with Gasteiger partial charge >= 0.3 is 5.97 Å². The molecule has 0 saturated carbocycles. The molecule has 0 saturated heterocycles. The summed E-state index contributed by atoms with van der Waals surface area (Å²) < 4.78 is 5.06. The SMILES string of the molecule is Cc1cccc(NC(=O)[C@@H](C)OC(=O)c2cc([N+](=O)[O-])ccc2Cl)c1. The van der Waals surface area contributed by atoms with Gasteiger partial charge in [0.15, 0.2) is 6.10 Å². The molecule has 1 atom stereocenters. The number of aryl methyl sites for hydroxylation is 1. The lowest BCUT2D eigenvalue weighted by Crippen LogP contribution is -2.30. The third-order valence-electron chi connectivity index (χ3n) is 3.32. The van der Waals surface area contributed by atoms with Crippen LogP contribution in [0.15, 0.2) is 42.5 Å². The van der Waals surface area contributed by atoms with E-state index in [0.717, 1.165) is 11.6 Å². The van der Waals surface area contributed by atoms with Crippen molar-refractivity contribution in [1.82, 2.24) is 0 Å². The Morgan fingerprint density at radius 2 is 1.96 bits per heavy atom. The standard InChI is InChI=1S/C17H15ClN2O5/c1-10-4-3-5-12(8-10)19-16(21)11(2)25-17(22)14-9-13(20(23)24)6-7-15(14)18/h3-9,11H,1-2H3,(H,19,21)/t11-/m1/s1. The summed E-state index contributed by atoms with van der Waals surface area (Å²) in [7, 11) is 0. The van der Waals surface area contributed by atoms with Gasteiger partial charge in [-0.3, -0.25) is 14.9 Å². The molecule has 0 radical (unpaired) electrons. The molecule has 25 heavy (non-hydrogen) atoms. The molecule has 0 aliphatic heterocycles. The molecule has 0 fully saturated rings. The highest BCUT2D eigenvalue weighted by Gasteiger charge is 2.22. The Morgan fingerprint density at radius 1 is 1.24 bits per heavy atom. The van der Waals surface area contributed by atoms with E-state index >= 15 is 0 Å². The largest absolute Gasteiger partial charge is 0.449 e. The molecule has 130 valence electrons. The molecule has 0 aliphatic carbocycles. The zero-order valence-corrected chi connectivity index (χ0v) is 14.2. The molecular formula is C17H15ClN2O5. The highest BCUT2D eigenvalue weighted by atomic mass is 35.5. The summed E-state index contributed by atoms with van der Waals surface area (Å²) in [6.07, 6.45) is -1.11. The number of esters is 1. The quantitative estimate of drug-likeness (QED) is 0.496. The average Bonchev–Trinajstić information content (AvgIpc) is 2.54. The van der Waals surface area contributed by atoms with Crippen LogP contribution in [0.4, 0.5) is 11.4 Å². The molecule has 0 heterocycles. The van der Waals surface area contributed by atoms with Crippen molar-refractivity contribution in [3.8, 4) is 0 Å². The van der Waals surface area contributed by atoms with E-state index in [0.29, 0.717) is 5.69 Å². The first kappa shape index (κ1) is 18.4. The number of nitro groups is 1. The van der Waals surface area contributed by atoms with Gasteiger partial charge in [-0.2, -0.15) is 0 Å². The Balaban J connectivity index is 2.08. The number of non-ortho nitro benzene ring substituents is 1. The van der Waals surface area contributed by atoms with Gasteiger partial charge in [0.05, 0.1) is 15.5 Å². The minimum Gasteiger partial charge on any atom is -0.449 e. The lowest BCUT2D eigenvalue weighted by molar-refractivity contribution is -0.384. The summed E-state index contributed by atoms with van der Waals surface area (Å²) in [4.78, 5) is 34.4. The van der Waals surface area contributed by atoms with Gasteiger partial charge in [0.1, 0.15) is 0 Å². The number of hydrogen-bond donors (Lipinski definition) is 1. The van der Waals surface area contributed by atoms with Crippen molar-refractivity contribution in [2.24, 2.45) is 0 Å². The number of carbonyl (C=O) groups is 2. The van der Waals surface area contributed by atoms with Crippen LogP contribution in [0, 0.1) is 17.0 Å². The molecule has 0 aromatic heterocycles. The fraction of sp³-hybridized carbons (Fsp3) is 0.176. The maximum absolute atomic E-state index is 12.2. The number of carbonyl (C=O) groups excluding carboxylic acids is 2. The van der Waals surface area contributed by atoms with Crippen LogP contribution in [-0.4, -0.2) is 22.9 Å². The van der Waals surface area contributed by atoms with Crippen molar-refractivity contribution in [3.63, 3.8) is 0 Å². The molecule has 1 amide bonds. The minimum atomic E-state index is -1.11. The van der Waals surface area contributed by atoms with Crippen molar-refractivity contribution in [1.29, 1.82) is 0 Å². The summed E-state index contributed by atoms with van der Waals surface area (Å²) in [5.74, 6) is -1.44. The Labute approximate surface area is 148 Å². The number of amides is 1. The lowest BCUT2D eigenvalue weighted by atomic mass is 10.2. The number of nitrogens with zero attached hydrogens (tertiary/aromatic N) is 1. The first-order valence-corrected chi connectivity index (χ1v) is 7.68. The second-order valence-corrected chi connectivity index (χ2v) is 5.73. The number of ether oxygens (including phenoxy) is 1. The summed E-state index contributed by atoms with van der Waals surface area (Å²) in [6.45, 7) is 3.28. The molecule has 8 heteroatoms. The number of benzene rings is 2. The van der Waals surface area contributed by atoms with Crippen molar-refractivity contribution in [2.75, 3.05) is 5.32 Å². The third kappa shape index (κ3) is 4.77. The normalized spacial score (nSPS) is 11.5. The van der Waals surface area contributed by atoms with Gasteiger partial charge in [-0.15, -0.1) is 0 Å². The second-order valence-electron chi connectivity index (χ2n) is 5.33. The topological polar surface area (TPSA) is 98.5 Å². The van der Waals surface area contributed by atoms with Crippen molar-refractivity contribution in [2.45, 2.75) is 20.0 Å². The summed E-state index contributed by atoms with van der Waals surface area (Å²) >= 11 is 5.88. The predicted molar refractivity (Wildman–Crippen MR) is 92.8 cm³/mol. The zero-order valence-electron chi connectivity index (χ0n) is 13.5. The second kappa shape index (κ2) is 7.76. The van der Waals surface area contributed by atoms with Crippen LogP contribution < -0.4 is 5.32 Å². The van der Waals surface area contributed by atoms with Gasteiger partial charge in [0.25, 0.3) is 11.6 Å². The van der Waals surface area contributed by atoms with Gasteiger partial charge in [0.2, 0.25) is 0 Å². The number of anilines is 1. The third-order valence-corrected chi connectivity index (χ3v) is 3.65. The Bertz CT molecular complexity index is 838. The number of halogens is 1. The molecule has 0 bridgehead atoms. The molecule has 1 N–H and O–H groups in total. The first-order valence-electron chi connectivity index (χ1n) is 7.30. The highest BCUT2D eigenvalue weighted by Crippen LogP contribution is 2.23. The van der Waals surface area contributed by atoms with Crippen LogP contribution in [0.1, 0.15) is 22.8 Å². The van der Waals surface area contributed by atoms with E-state index in [-0.39, 0.29) is 16.3 Å². The number of nitro benzene ring substituents is 1. The van der Waals surface area contributed by atoms with Gasteiger partial charge < -0.3 is 10.1 Å². The van der Waals surface area contributed by atoms with E-state index in [4.69, 9.17) is 16.3 Å². The maximum atomic E-state index is 12.2. The molecule has 2 rings (SSSR count). The van der Waals surface area contributed by atoms with Crippen LogP contribution >= 0.6 is 11.6 Å². The van der Waals surface area contributed by atoms with Crippen LogP contribution in [0.2, 0.25) is 5.02 Å². The van der Waals surface area contributed by atoms with E-state index in [1.807, 2.05) is 13.0 Å². The average molecular weight is 363 g/mol. The molecule has 7 nitrogen and oxygen atoms in total. The fourth-order valence-electron chi connectivity index (χ4n) is 2.03. The van der Waals surface area contributed by atoms with Gasteiger partial charge in [-0.1, -0.05) is 23.7 Å². The smallest absolute Gasteiger partial charge is 0.340 e. The Morgan fingerprint density at radius 3 is 2.60 bits per heavy atom. The fourth-order valence-corrected chi connectivity index (χ4v) is 2.22. The van der Waals surface area contributed by atoms with E-state index in [9.17, 15) is 19.7 Å². The minimum absolute atomic E-state index is 0.00175. The van der Waals surface area contributed by atoms with Crippen molar-refractivity contribution < 1.29 is 19.2 Å². The summed E-state index contributed by atoms with van der Waals surface area (Å²) in [5, 5.41) is 13.4. The van der Waals surface area contributed by atoms with E-state index in [2.05, 4.69) is 5.32 Å². The number of rotatable bonds is 5. The molecule has 0 spiro atoms. The molecule has 2 aromatic carbocycles. The molecule has 0 unspecified atom stereocenters. The molecule has 2 aromatic rings. The number of hydrogen-bond acceptors (Lipinski definition) is 5. The first-order chi connectivity index (χ1) is 11.8. The van der Waals surface area contributed by atoms with Crippen LogP contribution in [-0.2, 0) is 9.53 Å². The predicted octanol–water partition coefficient (Wildman–Crippen LogP) is 3.74. The molecule has 0 aliphatic rings. The maximum Gasteiger partial charge on any atom is 0.340 e. The highest BCUT2D eigenvalue weighted by molar-refractivity contribution is 6.33. The summed E-state index contributed by atoms with van der Waals surface area (Å²) in [6, 6.07) is 10.5. The van der Waals surface area contributed by atoms with E-state index in [1.54, 1.807) is 18.2 Å². The Kier molecular flexibility index (Phi) is 5.71. The zero-order chi connectivity index (χ0) is 18.6. The van der Waals surface area contributed by atoms with Gasteiger partial charge in [-0.25, -0.2) is 4.79 Å². The molecular weight excluding hydrogens is 348 g/mol. The van der Waals surface area contributed by atoms with Crippen molar-refractivity contribution >= 4 is 34.9 Å². The van der Waals surface area contributed by atoms with Crippen LogP contribution in [0.5, 0.6) is 0 Å². The lowest BCUT2D eigenvalue weighted by Gasteiger charge is -2.14. The van der Waals surface area contributed by atoms with Crippen LogP contribution in [0.25, 0.3) is 0 Å². The monoisotopic (exact) mass is 362 g/mol. The number of nitrogens with one attached hydrogen (secondary N) is 1. The summed E-state index contributed by atoms with van der Waals surface area (Å²) in [5.41, 5.74) is 1.06.